The Balaban J connectivity index is 1.37. The molecule has 5 heteroatoms. The van der Waals surface area contributed by atoms with Gasteiger partial charge in [0.15, 0.2) is 0 Å². The molecule has 0 amide bonds. The third kappa shape index (κ3) is 4.43. The Bertz CT molecular complexity index is 953. The number of H-pyrrole nitrogens is 1. The van der Waals surface area contributed by atoms with Crippen LogP contribution in [0.2, 0.25) is 0 Å². The molecule has 1 aliphatic rings. The number of rotatable bonds is 5. The third-order valence-electron chi connectivity index (χ3n) is 5.24. The van der Waals surface area contributed by atoms with Crippen LogP contribution in [0.25, 0.3) is 24.3 Å². The fourth-order valence-corrected chi connectivity index (χ4v) is 3.39. The van der Waals surface area contributed by atoms with Crippen LogP contribution in [-0.2, 0) is 7.05 Å². The number of likely N-dealkylation sites (N-methyl/N-ethyl adjacent to an activating group) is 1. The third-order valence-corrected chi connectivity index (χ3v) is 5.24. The molecule has 0 atom stereocenters. The van der Waals surface area contributed by atoms with Crippen LogP contribution in [0.1, 0.15) is 22.6 Å². The van der Waals surface area contributed by atoms with Crippen molar-refractivity contribution < 1.29 is 0 Å². The lowest BCUT2D eigenvalue weighted by Gasteiger charge is -2.34. The minimum absolute atomic E-state index is 0.926. The minimum Gasteiger partial charge on any atom is -0.369 e. The summed E-state index contributed by atoms with van der Waals surface area (Å²) in [5, 5.41) is 7.44. The zero-order valence-corrected chi connectivity index (χ0v) is 16.5. The van der Waals surface area contributed by atoms with E-state index in [-0.39, 0.29) is 0 Å². The van der Waals surface area contributed by atoms with Gasteiger partial charge in [0.05, 0.1) is 11.4 Å². The van der Waals surface area contributed by atoms with Crippen molar-refractivity contribution in [1.29, 1.82) is 0 Å². The quantitative estimate of drug-likeness (QED) is 0.739. The van der Waals surface area contributed by atoms with Crippen LogP contribution in [0.5, 0.6) is 0 Å². The summed E-state index contributed by atoms with van der Waals surface area (Å²) in [6, 6.07) is 14.9. The fourth-order valence-electron chi connectivity index (χ4n) is 3.39. The lowest BCUT2D eigenvalue weighted by Crippen LogP contribution is -2.44. The van der Waals surface area contributed by atoms with Crippen LogP contribution in [-0.4, -0.2) is 52.9 Å². The summed E-state index contributed by atoms with van der Waals surface area (Å²) >= 11 is 0. The van der Waals surface area contributed by atoms with E-state index < -0.39 is 0 Å². The Hall–Kier alpha value is -3.05. The van der Waals surface area contributed by atoms with Gasteiger partial charge in [0.1, 0.15) is 0 Å². The molecule has 144 valence electrons. The summed E-state index contributed by atoms with van der Waals surface area (Å²) in [6.07, 6.45) is 10.3. The van der Waals surface area contributed by atoms with Crippen LogP contribution in [0.15, 0.2) is 48.7 Å². The average molecular weight is 374 g/mol. The number of hydrogen-bond donors (Lipinski definition) is 1. The molecule has 2 aromatic heterocycles. The summed E-state index contributed by atoms with van der Waals surface area (Å²) in [4.78, 5) is 4.83. The topological polar surface area (TPSA) is 40.1 Å². The summed E-state index contributed by atoms with van der Waals surface area (Å²) < 4.78 is 2.08. The number of nitrogens with one attached hydrogen (secondary N) is 1. The van der Waals surface area contributed by atoms with Gasteiger partial charge in [-0.15, -0.1) is 0 Å². The summed E-state index contributed by atoms with van der Waals surface area (Å²) in [5.41, 5.74) is 5.56. The van der Waals surface area contributed by atoms with Crippen molar-refractivity contribution in [3.05, 3.63) is 71.3 Å². The van der Waals surface area contributed by atoms with Crippen molar-refractivity contribution >= 4 is 30.0 Å². The van der Waals surface area contributed by atoms with Crippen molar-refractivity contribution in [2.75, 3.05) is 38.1 Å². The second kappa shape index (κ2) is 8.31. The van der Waals surface area contributed by atoms with E-state index in [0.717, 1.165) is 43.3 Å². The largest absolute Gasteiger partial charge is 0.369 e. The molecule has 0 radical (unpaired) electrons. The van der Waals surface area contributed by atoms with Crippen LogP contribution >= 0.6 is 0 Å². The number of aromatic nitrogens is 3. The first-order valence-corrected chi connectivity index (χ1v) is 9.74. The Labute approximate surface area is 166 Å². The Morgan fingerprint density at radius 3 is 2.39 bits per heavy atom. The normalized spacial score (nSPS) is 15.9. The van der Waals surface area contributed by atoms with Crippen LogP contribution in [0.3, 0.4) is 0 Å². The molecular weight excluding hydrogens is 346 g/mol. The fraction of sp³-hybridized carbons (Fsp3) is 0.261. The first kappa shape index (κ1) is 18.3. The maximum absolute atomic E-state index is 4.37. The number of aryl methyl sites for hydroxylation is 1. The highest BCUT2D eigenvalue weighted by Gasteiger charge is 2.13. The molecule has 1 fully saturated rings. The highest BCUT2D eigenvalue weighted by molar-refractivity contribution is 5.72. The van der Waals surface area contributed by atoms with Gasteiger partial charge >= 0.3 is 0 Å². The van der Waals surface area contributed by atoms with Crippen molar-refractivity contribution in [1.82, 2.24) is 19.7 Å². The highest BCUT2D eigenvalue weighted by atomic mass is 15.2. The SMILES string of the molecule is CN1CCN(c2ccc(/C=C/c3cc(/C=C/c4cccn4C)[nH]n3)cc2)CC1. The van der Waals surface area contributed by atoms with E-state index in [0.29, 0.717) is 0 Å². The van der Waals surface area contributed by atoms with E-state index in [1.807, 2.05) is 31.5 Å². The Kier molecular flexibility index (Phi) is 5.44. The van der Waals surface area contributed by atoms with Gasteiger partial charge in [-0.2, -0.15) is 5.10 Å². The van der Waals surface area contributed by atoms with Crippen LogP contribution in [0, 0.1) is 0 Å². The predicted octanol–water partition coefficient (Wildman–Crippen LogP) is 3.84. The van der Waals surface area contributed by atoms with Gasteiger partial charge in [0, 0.05) is 50.8 Å². The number of benzene rings is 1. The molecule has 0 spiro atoms. The summed E-state index contributed by atoms with van der Waals surface area (Å²) in [5.74, 6) is 0. The number of hydrogen-bond acceptors (Lipinski definition) is 3. The first-order valence-electron chi connectivity index (χ1n) is 9.74. The van der Waals surface area contributed by atoms with Gasteiger partial charge in [-0.25, -0.2) is 0 Å². The molecule has 4 rings (SSSR count). The Morgan fingerprint density at radius 1 is 0.893 bits per heavy atom. The zero-order valence-electron chi connectivity index (χ0n) is 16.5. The van der Waals surface area contributed by atoms with E-state index >= 15 is 0 Å². The molecule has 0 aliphatic carbocycles. The molecule has 0 unspecified atom stereocenters. The van der Waals surface area contributed by atoms with Gasteiger partial charge in [-0.3, -0.25) is 5.10 Å². The lowest BCUT2D eigenvalue weighted by molar-refractivity contribution is 0.313. The minimum atomic E-state index is 0.926. The molecule has 1 saturated heterocycles. The van der Waals surface area contributed by atoms with E-state index in [2.05, 4.69) is 80.2 Å². The van der Waals surface area contributed by atoms with E-state index in [4.69, 9.17) is 0 Å². The van der Waals surface area contributed by atoms with Gasteiger partial charge in [-0.05, 0) is 61.2 Å². The molecule has 5 nitrogen and oxygen atoms in total. The smallest absolute Gasteiger partial charge is 0.0854 e. The molecule has 0 saturated carbocycles. The van der Waals surface area contributed by atoms with Crippen LogP contribution in [0.4, 0.5) is 5.69 Å². The molecule has 3 heterocycles. The predicted molar refractivity (Wildman–Crippen MR) is 118 cm³/mol. The van der Waals surface area contributed by atoms with Gasteiger partial charge < -0.3 is 14.4 Å². The Morgan fingerprint density at radius 2 is 1.68 bits per heavy atom. The average Bonchev–Trinajstić information content (AvgIpc) is 3.34. The molecule has 1 aromatic carbocycles. The van der Waals surface area contributed by atoms with Gasteiger partial charge in [0.2, 0.25) is 0 Å². The van der Waals surface area contributed by atoms with Crippen LogP contribution < -0.4 is 4.90 Å². The summed E-state index contributed by atoms with van der Waals surface area (Å²) in [6.45, 7) is 4.44. The molecule has 28 heavy (non-hydrogen) atoms. The molecule has 0 bridgehead atoms. The van der Waals surface area contributed by atoms with E-state index in [1.165, 1.54) is 11.3 Å². The zero-order chi connectivity index (χ0) is 19.3. The number of anilines is 1. The lowest BCUT2D eigenvalue weighted by atomic mass is 10.1. The monoisotopic (exact) mass is 373 g/mol. The molecular formula is C23H27N5. The van der Waals surface area contributed by atoms with Crippen molar-refractivity contribution in [2.45, 2.75) is 0 Å². The number of piperazine rings is 1. The molecule has 1 aliphatic heterocycles. The maximum Gasteiger partial charge on any atom is 0.0854 e. The second-order valence-corrected chi connectivity index (χ2v) is 7.34. The summed E-state index contributed by atoms with van der Waals surface area (Å²) in [7, 11) is 4.22. The van der Waals surface area contributed by atoms with E-state index in [9.17, 15) is 0 Å². The highest BCUT2D eigenvalue weighted by Crippen LogP contribution is 2.18. The number of nitrogens with zero attached hydrogens (tertiary/aromatic N) is 4. The van der Waals surface area contributed by atoms with Gasteiger partial charge in [0.25, 0.3) is 0 Å². The van der Waals surface area contributed by atoms with Crippen molar-refractivity contribution in [2.24, 2.45) is 7.05 Å². The van der Waals surface area contributed by atoms with Gasteiger partial charge in [-0.1, -0.05) is 18.2 Å². The first-order chi connectivity index (χ1) is 13.7. The van der Waals surface area contributed by atoms with Crippen molar-refractivity contribution in [3.8, 4) is 0 Å². The number of aromatic amines is 1. The maximum atomic E-state index is 4.37. The van der Waals surface area contributed by atoms with E-state index in [1.54, 1.807) is 0 Å². The molecule has 1 N–H and O–H groups in total. The molecule has 3 aromatic rings. The van der Waals surface area contributed by atoms with Crippen molar-refractivity contribution in [3.63, 3.8) is 0 Å². The second-order valence-electron chi connectivity index (χ2n) is 7.34. The standard InChI is InChI=1S/C23H27N5/c1-26-14-16-28(17-15-26)23-10-6-19(7-11-23)5-8-20-18-21(25-24-20)9-12-22-4-3-13-27(22)2/h3-13,18H,14-17H2,1-2H3,(H,24,25)/b8-5+,12-9+.